The minimum atomic E-state index is -0.802. The molecule has 0 unspecified atom stereocenters. The molecule has 0 N–H and O–H groups in total. The molecule has 0 fully saturated rings. The molecule has 0 spiro atoms. The SMILES string of the molecule is c1ccc(C2(c3nc(-c4ccc5c(c4)oc4ccccc45)nc(-n4c5ccccc5c5ccccc54)n3)c3ccccc3-c3ccccc32)cc1. The lowest BCUT2D eigenvalue weighted by molar-refractivity contribution is 0.668. The van der Waals surface area contributed by atoms with Crippen molar-refractivity contribution in [3.05, 3.63) is 192 Å². The molecule has 0 radical (unpaired) electrons. The Morgan fingerprint density at radius 1 is 0.451 bits per heavy atom. The van der Waals surface area contributed by atoms with Crippen molar-refractivity contribution in [2.75, 3.05) is 0 Å². The molecule has 1 aliphatic carbocycles. The normalized spacial score (nSPS) is 13.3. The Kier molecular flexibility index (Phi) is 5.81. The van der Waals surface area contributed by atoms with E-state index in [1.807, 2.05) is 18.2 Å². The van der Waals surface area contributed by atoms with E-state index in [0.717, 1.165) is 66.0 Å². The third-order valence-corrected chi connectivity index (χ3v) is 10.5. The number of hydrogen-bond acceptors (Lipinski definition) is 4. The molecular weight excluding hydrogens is 625 g/mol. The number of para-hydroxylation sites is 3. The largest absolute Gasteiger partial charge is 0.456 e. The molecule has 10 aromatic rings. The number of aromatic nitrogens is 4. The average molecular weight is 653 g/mol. The van der Waals surface area contributed by atoms with Crippen LogP contribution in [0.1, 0.15) is 22.5 Å². The number of fused-ring (bicyclic) bond motifs is 9. The zero-order chi connectivity index (χ0) is 33.5. The second-order valence-corrected chi connectivity index (χ2v) is 13.2. The van der Waals surface area contributed by atoms with Crippen LogP contribution < -0.4 is 0 Å². The van der Waals surface area contributed by atoms with Crippen molar-refractivity contribution in [3.8, 4) is 28.5 Å². The predicted octanol–water partition coefficient (Wildman–Crippen LogP) is 10.9. The molecule has 0 saturated carbocycles. The molecule has 238 valence electrons. The first-order chi connectivity index (χ1) is 25.3. The van der Waals surface area contributed by atoms with Gasteiger partial charge in [-0.1, -0.05) is 140 Å². The Hall–Kier alpha value is -6.85. The minimum absolute atomic E-state index is 0.564. The van der Waals surface area contributed by atoms with E-state index in [4.69, 9.17) is 19.4 Å². The molecule has 1 aliphatic rings. The summed E-state index contributed by atoms with van der Waals surface area (Å²) in [4.78, 5) is 16.3. The van der Waals surface area contributed by atoms with E-state index in [0.29, 0.717) is 17.6 Å². The van der Waals surface area contributed by atoms with Crippen molar-refractivity contribution >= 4 is 43.7 Å². The Morgan fingerprint density at radius 2 is 1.02 bits per heavy atom. The first-order valence-electron chi connectivity index (χ1n) is 17.2. The van der Waals surface area contributed by atoms with Gasteiger partial charge in [0.2, 0.25) is 5.95 Å². The third kappa shape index (κ3) is 3.88. The van der Waals surface area contributed by atoms with Crippen molar-refractivity contribution in [3.63, 3.8) is 0 Å². The van der Waals surface area contributed by atoms with Gasteiger partial charge >= 0.3 is 0 Å². The number of hydrogen-bond donors (Lipinski definition) is 0. The van der Waals surface area contributed by atoms with Crippen LogP contribution in [0, 0.1) is 0 Å². The number of rotatable bonds is 4. The van der Waals surface area contributed by atoms with Gasteiger partial charge in [-0.05, 0) is 58.1 Å². The monoisotopic (exact) mass is 652 g/mol. The van der Waals surface area contributed by atoms with E-state index in [2.05, 4.69) is 156 Å². The summed E-state index contributed by atoms with van der Waals surface area (Å²) >= 11 is 0. The lowest BCUT2D eigenvalue weighted by Crippen LogP contribution is -2.32. The standard InChI is InChI=1S/C46H28N4O/c1-2-14-30(15-3-1)46(37-21-9-4-16-31(37)32-17-5-10-22-38(32)46)44-47-43(29-26-27-36-35-20-8-13-25-41(35)51-42(36)28-29)48-45(49-44)50-39-23-11-6-18-33(39)34-19-7-12-24-40(34)50/h1-28H. The van der Waals surface area contributed by atoms with E-state index in [9.17, 15) is 0 Å². The highest BCUT2D eigenvalue weighted by Crippen LogP contribution is 2.55. The first kappa shape index (κ1) is 28.0. The van der Waals surface area contributed by atoms with E-state index < -0.39 is 5.41 Å². The molecule has 0 aliphatic heterocycles. The van der Waals surface area contributed by atoms with Gasteiger partial charge in [-0.3, -0.25) is 4.57 Å². The van der Waals surface area contributed by atoms with Crippen LogP contribution in [-0.2, 0) is 5.41 Å². The van der Waals surface area contributed by atoms with Crippen molar-refractivity contribution in [2.45, 2.75) is 5.41 Å². The summed E-state index contributed by atoms with van der Waals surface area (Å²) in [6.45, 7) is 0. The van der Waals surface area contributed by atoms with Gasteiger partial charge in [0, 0.05) is 27.1 Å². The van der Waals surface area contributed by atoms with Crippen LogP contribution in [0.5, 0.6) is 0 Å². The number of benzene rings is 7. The van der Waals surface area contributed by atoms with Crippen molar-refractivity contribution in [1.82, 2.24) is 19.5 Å². The molecule has 5 heteroatoms. The van der Waals surface area contributed by atoms with Crippen LogP contribution >= 0.6 is 0 Å². The average Bonchev–Trinajstić information content (AvgIpc) is 3.84. The van der Waals surface area contributed by atoms with Crippen molar-refractivity contribution in [1.29, 1.82) is 0 Å². The zero-order valence-electron chi connectivity index (χ0n) is 27.4. The summed E-state index contributed by atoms with van der Waals surface area (Å²) in [7, 11) is 0. The van der Waals surface area contributed by atoms with Crippen molar-refractivity contribution < 1.29 is 4.42 Å². The van der Waals surface area contributed by atoms with Gasteiger partial charge in [-0.25, -0.2) is 4.98 Å². The summed E-state index contributed by atoms with van der Waals surface area (Å²) < 4.78 is 8.55. The van der Waals surface area contributed by atoms with Crippen LogP contribution in [0.3, 0.4) is 0 Å². The maximum atomic E-state index is 6.37. The fourth-order valence-corrected chi connectivity index (χ4v) is 8.37. The summed E-state index contributed by atoms with van der Waals surface area (Å²) in [5.41, 5.74) is 9.54. The molecule has 0 atom stereocenters. The summed E-state index contributed by atoms with van der Waals surface area (Å²) in [6, 6.07) is 59.4. The molecular formula is C46H28N4O. The Morgan fingerprint density at radius 3 is 1.73 bits per heavy atom. The summed E-state index contributed by atoms with van der Waals surface area (Å²) in [5, 5.41) is 4.44. The number of nitrogens with zero attached hydrogens (tertiary/aromatic N) is 4. The highest BCUT2D eigenvalue weighted by atomic mass is 16.3. The van der Waals surface area contributed by atoms with Gasteiger partial charge in [0.05, 0.1) is 11.0 Å². The van der Waals surface area contributed by atoms with Crippen LogP contribution in [-0.4, -0.2) is 19.5 Å². The molecule has 3 aromatic heterocycles. The van der Waals surface area contributed by atoms with Gasteiger partial charge in [-0.15, -0.1) is 0 Å². The molecule has 7 aromatic carbocycles. The van der Waals surface area contributed by atoms with E-state index in [-0.39, 0.29) is 0 Å². The van der Waals surface area contributed by atoms with Crippen LogP contribution in [0.4, 0.5) is 0 Å². The van der Waals surface area contributed by atoms with Crippen LogP contribution in [0.2, 0.25) is 0 Å². The quantitative estimate of drug-likeness (QED) is 0.190. The van der Waals surface area contributed by atoms with E-state index in [1.165, 1.54) is 11.1 Å². The topological polar surface area (TPSA) is 56.7 Å². The minimum Gasteiger partial charge on any atom is -0.456 e. The molecule has 0 saturated heterocycles. The molecule has 3 heterocycles. The molecule has 5 nitrogen and oxygen atoms in total. The Bertz CT molecular complexity index is 2890. The van der Waals surface area contributed by atoms with Gasteiger partial charge in [0.1, 0.15) is 16.6 Å². The van der Waals surface area contributed by atoms with Gasteiger partial charge < -0.3 is 4.42 Å². The van der Waals surface area contributed by atoms with E-state index in [1.54, 1.807) is 0 Å². The molecule has 11 rings (SSSR count). The predicted molar refractivity (Wildman–Crippen MR) is 204 cm³/mol. The van der Waals surface area contributed by atoms with Gasteiger partial charge in [-0.2, -0.15) is 9.97 Å². The molecule has 0 bridgehead atoms. The smallest absolute Gasteiger partial charge is 0.238 e. The fraction of sp³-hybridized carbons (Fsp3) is 0.0217. The Labute approximate surface area is 293 Å². The highest BCUT2D eigenvalue weighted by molar-refractivity contribution is 6.09. The molecule has 51 heavy (non-hydrogen) atoms. The van der Waals surface area contributed by atoms with Crippen molar-refractivity contribution in [2.24, 2.45) is 0 Å². The Balaban J connectivity index is 1.28. The first-order valence-corrected chi connectivity index (χ1v) is 17.2. The lowest BCUT2D eigenvalue weighted by Gasteiger charge is -2.32. The second kappa shape index (κ2) is 10.6. The van der Waals surface area contributed by atoms with Crippen LogP contribution in [0.15, 0.2) is 174 Å². The van der Waals surface area contributed by atoms with Crippen LogP contribution in [0.25, 0.3) is 72.2 Å². The summed E-state index contributed by atoms with van der Waals surface area (Å²) in [5.74, 6) is 1.81. The third-order valence-electron chi connectivity index (χ3n) is 10.5. The lowest BCUT2D eigenvalue weighted by atomic mass is 9.71. The highest BCUT2D eigenvalue weighted by Gasteiger charge is 2.48. The van der Waals surface area contributed by atoms with Gasteiger partial charge in [0.15, 0.2) is 11.6 Å². The van der Waals surface area contributed by atoms with Gasteiger partial charge in [0.25, 0.3) is 0 Å². The second-order valence-electron chi connectivity index (χ2n) is 13.2. The van der Waals surface area contributed by atoms with E-state index >= 15 is 0 Å². The zero-order valence-corrected chi connectivity index (χ0v) is 27.4. The maximum absolute atomic E-state index is 6.37. The fourth-order valence-electron chi connectivity index (χ4n) is 8.37. The number of furan rings is 1. The summed E-state index contributed by atoms with van der Waals surface area (Å²) in [6.07, 6.45) is 0. The maximum Gasteiger partial charge on any atom is 0.238 e. The molecule has 0 amide bonds.